The molecule has 0 aromatic carbocycles. The molecule has 14 heavy (non-hydrogen) atoms. The van der Waals surface area contributed by atoms with Crippen LogP contribution in [0, 0.1) is 5.92 Å². The summed E-state index contributed by atoms with van der Waals surface area (Å²) in [4.78, 5) is 10.5. The molecule has 1 atom stereocenters. The first-order valence-corrected chi connectivity index (χ1v) is 5.46. The zero-order valence-electron chi connectivity index (χ0n) is 8.76. The smallest absolute Gasteiger partial charge is 0.307 e. The summed E-state index contributed by atoms with van der Waals surface area (Å²) in [5.41, 5.74) is 0. The van der Waals surface area contributed by atoms with Crippen LogP contribution < -0.4 is 0 Å². The number of hydrogen-bond acceptors (Lipinski definition) is 3. The van der Waals surface area contributed by atoms with Gasteiger partial charge in [-0.05, 0) is 0 Å². The Morgan fingerprint density at radius 3 is 2.07 bits per heavy atom. The standard InChI is InChI=1S/C7H16N2O4S/c1-6(7(10)11)5-9(4)14(12,13)8(2)3/h6H,5H2,1-4H3,(H,10,11). The Hall–Kier alpha value is -0.660. The van der Waals surface area contributed by atoms with Gasteiger partial charge in [-0.25, -0.2) is 0 Å². The largest absolute Gasteiger partial charge is 0.481 e. The maximum absolute atomic E-state index is 11.4. The van der Waals surface area contributed by atoms with Crippen LogP contribution in [0.25, 0.3) is 0 Å². The second-order valence-corrected chi connectivity index (χ2v) is 5.56. The third kappa shape index (κ3) is 3.24. The average molecular weight is 224 g/mol. The number of aliphatic carboxylic acids is 1. The Bertz CT molecular complexity index is 299. The summed E-state index contributed by atoms with van der Waals surface area (Å²) in [5.74, 6) is -1.72. The van der Waals surface area contributed by atoms with Crippen molar-refractivity contribution in [3.63, 3.8) is 0 Å². The van der Waals surface area contributed by atoms with Crippen LogP contribution in [0.5, 0.6) is 0 Å². The Balaban J connectivity index is 4.51. The Kier molecular flexibility index (Phi) is 4.50. The van der Waals surface area contributed by atoms with Crippen molar-refractivity contribution in [3.05, 3.63) is 0 Å². The molecule has 0 heterocycles. The van der Waals surface area contributed by atoms with Crippen LogP contribution in [-0.2, 0) is 15.0 Å². The van der Waals surface area contributed by atoms with E-state index in [1.165, 1.54) is 28.1 Å². The van der Waals surface area contributed by atoms with Crippen molar-refractivity contribution >= 4 is 16.2 Å². The highest BCUT2D eigenvalue weighted by Gasteiger charge is 2.24. The lowest BCUT2D eigenvalue weighted by Gasteiger charge is -2.22. The predicted octanol–water partition coefficient (Wildman–Crippen LogP) is -0.555. The molecule has 7 heteroatoms. The SMILES string of the molecule is CC(CN(C)S(=O)(=O)N(C)C)C(=O)O. The molecule has 0 aliphatic carbocycles. The van der Waals surface area contributed by atoms with Crippen LogP contribution >= 0.6 is 0 Å². The zero-order valence-corrected chi connectivity index (χ0v) is 9.58. The fraction of sp³-hybridized carbons (Fsp3) is 0.857. The Labute approximate surface area is 84.3 Å². The van der Waals surface area contributed by atoms with Crippen LogP contribution in [0.4, 0.5) is 0 Å². The van der Waals surface area contributed by atoms with Gasteiger partial charge in [0.2, 0.25) is 0 Å². The molecule has 0 fully saturated rings. The third-order valence-electron chi connectivity index (χ3n) is 1.81. The maximum Gasteiger partial charge on any atom is 0.307 e. The van der Waals surface area contributed by atoms with Gasteiger partial charge in [0.1, 0.15) is 0 Å². The number of hydrogen-bond donors (Lipinski definition) is 1. The minimum atomic E-state index is -3.50. The topological polar surface area (TPSA) is 77.9 Å². The average Bonchev–Trinajstić information content (AvgIpc) is 2.03. The summed E-state index contributed by atoms with van der Waals surface area (Å²) in [5, 5.41) is 8.60. The molecule has 0 aliphatic heterocycles. The monoisotopic (exact) mass is 224 g/mol. The normalized spacial score (nSPS) is 14.7. The molecular formula is C7H16N2O4S. The minimum Gasteiger partial charge on any atom is -0.481 e. The maximum atomic E-state index is 11.4. The van der Waals surface area contributed by atoms with Crippen LogP contribution in [0.15, 0.2) is 0 Å². The summed E-state index contributed by atoms with van der Waals surface area (Å²) in [6.45, 7) is 1.43. The second-order valence-electron chi connectivity index (χ2n) is 3.31. The van der Waals surface area contributed by atoms with Gasteiger partial charge in [-0.3, -0.25) is 4.79 Å². The summed E-state index contributed by atoms with van der Waals surface area (Å²) >= 11 is 0. The van der Waals surface area contributed by atoms with E-state index in [2.05, 4.69) is 0 Å². The summed E-state index contributed by atoms with van der Waals surface area (Å²) in [7, 11) is 0.654. The van der Waals surface area contributed by atoms with E-state index >= 15 is 0 Å². The van der Waals surface area contributed by atoms with Crippen LogP contribution in [0.2, 0.25) is 0 Å². The van der Waals surface area contributed by atoms with Gasteiger partial charge in [-0.2, -0.15) is 17.0 Å². The van der Waals surface area contributed by atoms with Crippen molar-refractivity contribution in [3.8, 4) is 0 Å². The Morgan fingerprint density at radius 1 is 1.36 bits per heavy atom. The molecule has 1 unspecified atom stereocenters. The highest BCUT2D eigenvalue weighted by Crippen LogP contribution is 2.05. The fourth-order valence-corrected chi connectivity index (χ4v) is 1.81. The predicted molar refractivity (Wildman–Crippen MR) is 52.0 cm³/mol. The molecule has 0 saturated carbocycles. The van der Waals surface area contributed by atoms with Crippen molar-refractivity contribution in [1.29, 1.82) is 0 Å². The molecule has 0 aromatic rings. The molecule has 6 nitrogen and oxygen atoms in total. The van der Waals surface area contributed by atoms with Crippen molar-refractivity contribution in [2.24, 2.45) is 5.92 Å². The van der Waals surface area contributed by atoms with Crippen molar-refractivity contribution < 1.29 is 18.3 Å². The van der Waals surface area contributed by atoms with Gasteiger partial charge < -0.3 is 5.11 Å². The lowest BCUT2D eigenvalue weighted by Crippen LogP contribution is -2.40. The molecular weight excluding hydrogens is 208 g/mol. The van der Waals surface area contributed by atoms with Crippen LogP contribution in [0.3, 0.4) is 0 Å². The van der Waals surface area contributed by atoms with Gasteiger partial charge in [0.05, 0.1) is 5.92 Å². The van der Waals surface area contributed by atoms with Crippen molar-refractivity contribution in [1.82, 2.24) is 8.61 Å². The van der Waals surface area contributed by atoms with E-state index in [-0.39, 0.29) is 6.54 Å². The van der Waals surface area contributed by atoms with E-state index in [1.807, 2.05) is 0 Å². The molecule has 0 bridgehead atoms. The molecule has 0 saturated heterocycles. The fourth-order valence-electron chi connectivity index (χ4n) is 0.837. The van der Waals surface area contributed by atoms with Crippen LogP contribution in [0.1, 0.15) is 6.92 Å². The first-order valence-electron chi connectivity index (χ1n) is 4.06. The van der Waals surface area contributed by atoms with Gasteiger partial charge in [-0.1, -0.05) is 6.92 Å². The van der Waals surface area contributed by atoms with Gasteiger partial charge in [0, 0.05) is 27.7 Å². The molecule has 0 aliphatic rings. The number of rotatable bonds is 5. The quantitative estimate of drug-likeness (QED) is 0.679. The van der Waals surface area contributed by atoms with Gasteiger partial charge in [0.15, 0.2) is 0 Å². The van der Waals surface area contributed by atoms with Crippen molar-refractivity contribution in [2.45, 2.75) is 6.92 Å². The molecule has 0 rings (SSSR count). The highest BCUT2D eigenvalue weighted by atomic mass is 32.2. The molecule has 0 spiro atoms. The number of carboxylic acid groups (broad SMARTS) is 1. The number of carboxylic acids is 1. The Morgan fingerprint density at radius 2 is 1.79 bits per heavy atom. The van der Waals surface area contributed by atoms with Crippen LogP contribution in [-0.4, -0.2) is 55.8 Å². The van der Waals surface area contributed by atoms with E-state index < -0.39 is 22.1 Å². The molecule has 0 radical (unpaired) electrons. The second kappa shape index (κ2) is 4.72. The summed E-state index contributed by atoms with van der Waals surface area (Å²) in [6, 6.07) is 0. The van der Waals surface area contributed by atoms with E-state index in [1.54, 1.807) is 0 Å². The lowest BCUT2D eigenvalue weighted by atomic mass is 10.2. The first kappa shape index (κ1) is 13.3. The first-order chi connectivity index (χ1) is 6.19. The number of nitrogens with zero attached hydrogens (tertiary/aromatic N) is 2. The summed E-state index contributed by atoms with van der Waals surface area (Å²) < 4.78 is 25.0. The zero-order chi connectivity index (χ0) is 11.5. The van der Waals surface area contributed by atoms with Gasteiger partial charge in [-0.15, -0.1) is 0 Å². The minimum absolute atomic E-state index is 0.0319. The molecule has 84 valence electrons. The molecule has 0 amide bonds. The molecule has 0 aromatic heterocycles. The van der Waals surface area contributed by atoms with Gasteiger partial charge in [0.25, 0.3) is 10.2 Å². The van der Waals surface area contributed by atoms with Crippen molar-refractivity contribution in [2.75, 3.05) is 27.7 Å². The highest BCUT2D eigenvalue weighted by molar-refractivity contribution is 7.86. The van der Waals surface area contributed by atoms with E-state index in [0.29, 0.717) is 0 Å². The third-order valence-corrected chi connectivity index (χ3v) is 3.67. The van der Waals surface area contributed by atoms with E-state index in [0.717, 1.165) is 8.61 Å². The molecule has 1 N–H and O–H groups in total. The number of carbonyl (C=O) groups is 1. The van der Waals surface area contributed by atoms with Gasteiger partial charge >= 0.3 is 5.97 Å². The lowest BCUT2D eigenvalue weighted by molar-refractivity contribution is -0.141. The van der Waals surface area contributed by atoms with E-state index in [9.17, 15) is 13.2 Å². The summed E-state index contributed by atoms with van der Waals surface area (Å²) in [6.07, 6.45) is 0. The van der Waals surface area contributed by atoms with E-state index in [4.69, 9.17) is 5.11 Å².